The first-order valence-electron chi connectivity index (χ1n) is 3.62. The third-order valence-corrected chi connectivity index (χ3v) is 1.53. The fourth-order valence-electron chi connectivity index (χ4n) is 0.475. The van der Waals surface area contributed by atoms with Crippen molar-refractivity contribution in [1.29, 1.82) is 0 Å². The van der Waals surface area contributed by atoms with E-state index in [4.69, 9.17) is 4.74 Å². The van der Waals surface area contributed by atoms with E-state index in [-0.39, 0.29) is 0 Å². The second-order valence-electron chi connectivity index (χ2n) is 1.94. The van der Waals surface area contributed by atoms with Crippen molar-refractivity contribution in [3.8, 4) is 11.8 Å². The lowest BCUT2D eigenvalue weighted by Crippen LogP contribution is -1.94. The summed E-state index contributed by atoms with van der Waals surface area (Å²) in [5.74, 6) is 5.79. The fraction of sp³-hybridized carbons (Fsp3) is 0.556. The highest BCUT2D eigenvalue weighted by Gasteiger charge is 1.82. The van der Waals surface area contributed by atoms with Crippen molar-refractivity contribution in [3.05, 3.63) is 12.7 Å². The van der Waals surface area contributed by atoms with Gasteiger partial charge in [0.1, 0.15) is 6.61 Å². The molecule has 0 aliphatic rings. The van der Waals surface area contributed by atoms with Gasteiger partial charge >= 0.3 is 0 Å². The summed E-state index contributed by atoms with van der Waals surface area (Å²) in [5.41, 5.74) is 0. The molecule has 0 N–H and O–H groups in total. The molecule has 0 aromatic heterocycles. The monoisotopic (exact) mass is 216 g/mol. The molecule has 0 bridgehead atoms. The van der Waals surface area contributed by atoms with Crippen LogP contribution in [0.5, 0.6) is 0 Å². The first-order chi connectivity index (χ1) is 5.41. The lowest BCUT2D eigenvalue weighted by Gasteiger charge is -1.94. The Hall–Kier alpha value is -0.260. The molecule has 0 aromatic carbocycles. The van der Waals surface area contributed by atoms with Crippen LogP contribution in [0.25, 0.3) is 0 Å². The third-order valence-electron chi connectivity index (χ3n) is 0.968. The summed E-state index contributed by atoms with van der Waals surface area (Å²) < 4.78 is 5.18. The topological polar surface area (TPSA) is 9.23 Å². The van der Waals surface area contributed by atoms with Crippen molar-refractivity contribution in [2.45, 2.75) is 12.8 Å². The second-order valence-corrected chi connectivity index (χ2v) is 2.73. The molecule has 62 valence electrons. The zero-order valence-electron chi connectivity index (χ0n) is 6.61. The molecule has 0 radical (unpaired) electrons. The molecule has 0 unspecified atom stereocenters. The number of hydrogen-bond donors (Lipinski definition) is 0. The maximum absolute atomic E-state index is 5.18. The van der Waals surface area contributed by atoms with Crippen LogP contribution in [-0.4, -0.2) is 18.5 Å². The van der Waals surface area contributed by atoms with Crippen molar-refractivity contribution in [2.75, 3.05) is 18.5 Å². The molecular formula is C9H13BrO. The quantitative estimate of drug-likeness (QED) is 0.297. The number of rotatable bonds is 5. The molecule has 2 heteroatoms. The van der Waals surface area contributed by atoms with Crippen molar-refractivity contribution >= 4 is 15.9 Å². The third kappa shape index (κ3) is 9.74. The Labute approximate surface area is 76.9 Å². The fourth-order valence-corrected chi connectivity index (χ4v) is 0.704. The Morgan fingerprint density at radius 3 is 2.91 bits per heavy atom. The summed E-state index contributed by atoms with van der Waals surface area (Å²) in [5, 5.41) is 0.993. The Balaban J connectivity index is 3.02. The van der Waals surface area contributed by atoms with Crippen LogP contribution < -0.4 is 0 Å². The van der Waals surface area contributed by atoms with Gasteiger partial charge in [0.25, 0.3) is 0 Å². The summed E-state index contributed by atoms with van der Waals surface area (Å²) in [6.45, 7) is 4.89. The number of alkyl halides is 1. The molecule has 0 saturated heterocycles. The normalized spacial score (nSPS) is 8.45. The average Bonchev–Trinajstić information content (AvgIpc) is 2.03. The Kier molecular flexibility index (Phi) is 9.51. The van der Waals surface area contributed by atoms with Crippen LogP contribution in [0.2, 0.25) is 0 Å². The maximum atomic E-state index is 5.18. The van der Waals surface area contributed by atoms with Crippen LogP contribution in [-0.2, 0) is 4.74 Å². The lowest BCUT2D eigenvalue weighted by atomic mass is 10.4. The van der Waals surface area contributed by atoms with Crippen LogP contribution in [0, 0.1) is 11.8 Å². The highest BCUT2D eigenvalue weighted by molar-refractivity contribution is 9.09. The van der Waals surface area contributed by atoms with Crippen LogP contribution >= 0.6 is 15.9 Å². The summed E-state index contributed by atoms with van der Waals surface area (Å²) in [6.07, 6.45) is 3.58. The summed E-state index contributed by atoms with van der Waals surface area (Å²) >= 11 is 3.31. The van der Waals surface area contributed by atoms with Gasteiger partial charge in [0.15, 0.2) is 0 Å². The zero-order valence-corrected chi connectivity index (χ0v) is 8.19. The van der Waals surface area contributed by atoms with Gasteiger partial charge in [-0.25, -0.2) is 0 Å². The number of allylic oxidation sites excluding steroid dienone is 1. The molecule has 0 fully saturated rings. The standard InChI is InChI=1S/C9H13BrO/c1-2-3-4-5-8-11-9-6-7-10/h2H,1,3,6-9H2. The van der Waals surface area contributed by atoms with Crippen molar-refractivity contribution in [1.82, 2.24) is 0 Å². The van der Waals surface area contributed by atoms with Crippen molar-refractivity contribution in [2.24, 2.45) is 0 Å². The molecular weight excluding hydrogens is 204 g/mol. The first-order valence-corrected chi connectivity index (χ1v) is 4.74. The van der Waals surface area contributed by atoms with Gasteiger partial charge < -0.3 is 4.74 Å². The molecule has 0 atom stereocenters. The predicted molar refractivity (Wildman–Crippen MR) is 51.8 cm³/mol. The highest BCUT2D eigenvalue weighted by atomic mass is 79.9. The molecule has 0 saturated carbocycles. The summed E-state index contributed by atoms with van der Waals surface area (Å²) in [7, 11) is 0. The van der Waals surface area contributed by atoms with E-state index in [1.165, 1.54) is 0 Å². The van der Waals surface area contributed by atoms with Gasteiger partial charge in [-0.15, -0.1) is 6.58 Å². The summed E-state index contributed by atoms with van der Waals surface area (Å²) in [6, 6.07) is 0. The van der Waals surface area contributed by atoms with Gasteiger partial charge in [-0.05, 0) is 6.42 Å². The smallest absolute Gasteiger partial charge is 0.107 e. The second kappa shape index (κ2) is 9.74. The number of halogens is 1. The minimum absolute atomic E-state index is 0.543. The summed E-state index contributed by atoms with van der Waals surface area (Å²) in [4.78, 5) is 0. The molecule has 0 heterocycles. The van der Waals surface area contributed by atoms with Crippen LogP contribution in [0.1, 0.15) is 12.8 Å². The Morgan fingerprint density at radius 1 is 1.45 bits per heavy atom. The van der Waals surface area contributed by atoms with E-state index in [0.717, 1.165) is 24.8 Å². The van der Waals surface area contributed by atoms with Gasteiger partial charge in [0.2, 0.25) is 0 Å². The van der Waals surface area contributed by atoms with Crippen molar-refractivity contribution < 1.29 is 4.74 Å². The van der Waals surface area contributed by atoms with E-state index < -0.39 is 0 Å². The minimum Gasteiger partial charge on any atom is -0.369 e. The Morgan fingerprint density at radius 2 is 2.27 bits per heavy atom. The van der Waals surface area contributed by atoms with Gasteiger partial charge in [0, 0.05) is 18.4 Å². The van der Waals surface area contributed by atoms with Gasteiger partial charge in [-0.2, -0.15) is 0 Å². The average molecular weight is 217 g/mol. The maximum Gasteiger partial charge on any atom is 0.107 e. The minimum atomic E-state index is 0.543. The van der Waals surface area contributed by atoms with E-state index in [2.05, 4.69) is 34.3 Å². The lowest BCUT2D eigenvalue weighted by molar-refractivity contribution is 0.169. The number of ether oxygens (including phenoxy) is 1. The molecule has 0 rings (SSSR count). The molecule has 0 aromatic rings. The zero-order chi connectivity index (χ0) is 8.36. The van der Waals surface area contributed by atoms with E-state index in [1.54, 1.807) is 6.08 Å². The highest BCUT2D eigenvalue weighted by Crippen LogP contribution is 1.87. The van der Waals surface area contributed by atoms with Crippen LogP contribution in [0.3, 0.4) is 0 Å². The molecule has 0 aliphatic heterocycles. The van der Waals surface area contributed by atoms with E-state index in [1.807, 2.05) is 0 Å². The van der Waals surface area contributed by atoms with Crippen LogP contribution in [0.15, 0.2) is 12.7 Å². The molecule has 11 heavy (non-hydrogen) atoms. The molecule has 0 spiro atoms. The van der Waals surface area contributed by atoms with E-state index in [9.17, 15) is 0 Å². The van der Waals surface area contributed by atoms with Crippen LogP contribution in [0.4, 0.5) is 0 Å². The van der Waals surface area contributed by atoms with Gasteiger partial charge in [0.05, 0.1) is 0 Å². The van der Waals surface area contributed by atoms with Gasteiger partial charge in [-0.1, -0.05) is 33.8 Å². The largest absolute Gasteiger partial charge is 0.369 e. The number of hydrogen-bond acceptors (Lipinski definition) is 1. The van der Waals surface area contributed by atoms with E-state index in [0.29, 0.717) is 6.61 Å². The molecule has 1 nitrogen and oxygen atoms in total. The van der Waals surface area contributed by atoms with Gasteiger partial charge in [-0.3, -0.25) is 0 Å². The Bertz CT molecular complexity index is 143. The SMILES string of the molecule is C=CCC#CCOCCCBr. The van der Waals surface area contributed by atoms with Crippen molar-refractivity contribution in [3.63, 3.8) is 0 Å². The molecule has 0 amide bonds. The van der Waals surface area contributed by atoms with E-state index >= 15 is 0 Å². The predicted octanol–water partition coefficient (Wildman–Crippen LogP) is 2.37. The first kappa shape index (κ1) is 10.7. The molecule has 0 aliphatic carbocycles.